The molecule has 1 aromatic heterocycles. The minimum absolute atomic E-state index is 0.114. The number of benzene rings is 1. The molecule has 0 aliphatic carbocycles. The second-order valence-corrected chi connectivity index (χ2v) is 6.10. The molecule has 0 aliphatic heterocycles. The first-order valence-corrected chi connectivity index (χ1v) is 7.64. The summed E-state index contributed by atoms with van der Waals surface area (Å²) in [5, 5.41) is 4.18. The van der Waals surface area contributed by atoms with Gasteiger partial charge in [0.25, 0.3) is 0 Å². The normalized spacial score (nSPS) is 12.6. The van der Waals surface area contributed by atoms with Crippen molar-refractivity contribution < 1.29 is 0 Å². The van der Waals surface area contributed by atoms with Gasteiger partial charge in [0.2, 0.25) is 0 Å². The fourth-order valence-corrected chi connectivity index (χ4v) is 3.61. The molecular formula is C12H12BrNS2. The van der Waals surface area contributed by atoms with Crippen molar-refractivity contribution in [3.63, 3.8) is 0 Å². The molecule has 0 amide bonds. The first-order chi connectivity index (χ1) is 7.77. The Morgan fingerprint density at radius 2 is 2.12 bits per heavy atom. The quantitative estimate of drug-likeness (QED) is 0.851. The molecule has 0 spiro atoms. The lowest BCUT2D eigenvalue weighted by molar-refractivity contribution is 0.836. The topological polar surface area (TPSA) is 26.0 Å². The van der Waals surface area contributed by atoms with Crippen molar-refractivity contribution in [2.45, 2.75) is 10.9 Å². The average Bonchev–Trinajstić information content (AvgIpc) is 2.81. The minimum Gasteiger partial charge on any atom is -0.323 e. The van der Waals surface area contributed by atoms with Crippen molar-refractivity contribution in [1.29, 1.82) is 0 Å². The smallest absolute Gasteiger partial charge is 0.0398 e. The van der Waals surface area contributed by atoms with Gasteiger partial charge in [-0.15, -0.1) is 11.8 Å². The van der Waals surface area contributed by atoms with Gasteiger partial charge in [0.15, 0.2) is 0 Å². The van der Waals surface area contributed by atoms with E-state index in [0.717, 1.165) is 10.2 Å². The lowest BCUT2D eigenvalue weighted by Crippen LogP contribution is -2.11. The van der Waals surface area contributed by atoms with Gasteiger partial charge in [0, 0.05) is 21.2 Å². The SMILES string of the molecule is NC(CSc1ccccc1Br)c1ccsc1. The summed E-state index contributed by atoms with van der Waals surface area (Å²) >= 11 is 7.02. The summed E-state index contributed by atoms with van der Waals surface area (Å²) in [6, 6.07) is 10.4. The highest BCUT2D eigenvalue weighted by Crippen LogP contribution is 2.29. The molecule has 0 radical (unpaired) electrons. The Morgan fingerprint density at radius 1 is 1.31 bits per heavy atom. The summed E-state index contributed by atoms with van der Waals surface area (Å²) in [5.41, 5.74) is 7.33. The maximum atomic E-state index is 6.11. The Balaban J connectivity index is 1.95. The summed E-state index contributed by atoms with van der Waals surface area (Å²) in [6.07, 6.45) is 0. The van der Waals surface area contributed by atoms with Gasteiger partial charge in [-0.2, -0.15) is 11.3 Å². The molecule has 0 bridgehead atoms. The molecule has 1 aromatic carbocycles. The van der Waals surface area contributed by atoms with Crippen LogP contribution in [0.1, 0.15) is 11.6 Å². The van der Waals surface area contributed by atoms with Crippen LogP contribution in [0.4, 0.5) is 0 Å². The van der Waals surface area contributed by atoms with E-state index in [2.05, 4.69) is 44.9 Å². The predicted molar refractivity (Wildman–Crippen MR) is 76.1 cm³/mol. The van der Waals surface area contributed by atoms with E-state index < -0.39 is 0 Å². The van der Waals surface area contributed by atoms with Gasteiger partial charge < -0.3 is 5.73 Å². The zero-order chi connectivity index (χ0) is 11.4. The van der Waals surface area contributed by atoms with Crippen molar-refractivity contribution in [1.82, 2.24) is 0 Å². The maximum absolute atomic E-state index is 6.11. The van der Waals surface area contributed by atoms with E-state index >= 15 is 0 Å². The molecule has 2 aromatic rings. The molecule has 1 heterocycles. The van der Waals surface area contributed by atoms with Crippen LogP contribution in [0.3, 0.4) is 0 Å². The fourth-order valence-electron chi connectivity index (χ4n) is 1.32. The third kappa shape index (κ3) is 3.10. The number of rotatable bonds is 4. The zero-order valence-electron chi connectivity index (χ0n) is 8.60. The molecule has 2 rings (SSSR count). The van der Waals surface area contributed by atoms with Crippen LogP contribution < -0.4 is 5.73 Å². The second-order valence-electron chi connectivity index (χ2n) is 3.40. The summed E-state index contributed by atoms with van der Waals surface area (Å²) in [5.74, 6) is 0.902. The van der Waals surface area contributed by atoms with Crippen molar-refractivity contribution >= 4 is 39.0 Å². The number of hydrogen-bond donors (Lipinski definition) is 1. The summed E-state index contributed by atoms with van der Waals surface area (Å²) in [4.78, 5) is 1.24. The first-order valence-electron chi connectivity index (χ1n) is 4.92. The predicted octanol–water partition coefficient (Wildman–Crippen LogP) is 4.30. The molecule has 4 heteroatoms. The lowest BCUT2D eigenvalue weighted by Gasteiger charge is -2.10. The highest BCUT2D eigenvalue weighted by molar-refractivity contribution is 9.10. The van der Waals surface area contributed by atoms with Gasteiger partial charge in [-0.3, -0.25) is 0 Å². The largest absolute Gasteiger partial charge is 0.323 e. The number of nitrogens with two attached hydrogens (primary N) is 1. The average molecular weight is 314 g/mol. The van der Waals surface area contributed by atoms with Crippen molar-refractivity contribution in [2.75, 3.05) is 5.75 Å². The third-order valence-electron chi connectivity index (χ3n) is 2.23. The summed E-state index contributed by atoms with van der Waals surface area (Å²) < 4.78 is 1.14. The van der Waals surface area contributed by atoms with Crippen LogP contribution in [0.25, 0.3) is 0 Å². The molecule has 84 valence electrons. The molecule has 2 N–H and O–H groups in total. The van der Waals surface area contributed by atoms with Gasteiger partial charge in [0.05, 0.1) is 0 Å². The van der Waals surface area contributed by atoms with E-state index in [1.807, 2.05) is 12.1 Å². The third-order valence-corrected chi connectivity index (χ3v) is 5.07. The van der Waals surface area contributed by atoms with E-state index in [9.17, 15) is 0 Å². The van der Waals surface area contributed by atoms with Crippen molar-refractivity contribution in [2.24, 2.45) is 5.73 Å². The number of thioether (sulfide) groups is 1. The first kappa shape index (κ1) is 12.2. The van der Waals surface area contributed by atoms with E-state index in [-0.39, 0.29) is 6.04 Å². The van der Waals surface area contributed by atoms with Crippen molar-refractivity contribution in [3.8, 4) is 0 Å². The Bertz CT molecular complexity index is 442. The molecular weight excluding hydrogens is 302 g/mol. The van der Waals surface area contributed by atoms with Gasteiger partial charge in [0.1, 0.15) is 0 Å². The summed E-state index contributed by atoms with van der Waals surface area (Å²) in [7, 11) is 0. The van der Waals surface area contributed by atoms with Crippen LogP contribution in [0.2, 0.25) is 0 Å². The molecule has 1 atom stereocenters. The van der Waals surface area contributed by atoms with Crippen LogP contribution in [-0.4, -0.2) is 5.75 Å². The lowest BCUT2D eigenvalue weighted by atomic mass is 10.2. The Labute approximate surface area is 112 Å². The van der Waals surface area contributed by atoms with Crippen LogP contribution in [-0.2, 0) is 0 Å². The summed E-state index contributed by atoms with van der Waals surface area (Å²) in [6.45, 7) is 0. The van der Waals surface area contributed by atoms with E-state index in [0.29, 0.717) is 0 Å². The van der Waals surface area contributed by atoms with Gasteiger partial charge in [-0.1, -0.05) is 12.1 Å². The van der Waals surface area contributed by atoms with Gasteiger partial charge in [-0.25, -0.2) is 0 Å². The highest BCUT2D eigenvalue weighted by Gasteiger charge is 2.08. The Morgan fingerprint density at radius 3 is 2.81 bits per heavy atom. The van der Waals surface area contributed by atoms with E-state index in [1.165, 1.54) is 10.5 Å². The molecule has 16 heavy (non-hydrogen) atoms. The monoisotopic (exact) mass is 313 g/mol. The van der Waals surface area contributed by atoms with E-state index in [1.54, 1.807) is 23.1 Å². The fraction of sp³-hybridized carbons (Fsp3) is 0.167. The molecule has 0 fully saturated rings. The maximum Gasteiger partial charge on any atom is 0.0398 e. The highest BCUT2D eigenvalue weighted by atomic mass is 79.9. The van der Waals surface area contributed by atoms with Crippen LogP contribution >= 0.6 is 39.0 Å². The molecule has 1 nitrogen and oxygen atoms in total. The molecule has 1 unspecified atom stereocenters. The standard InChI is InChI=1S/C12H12BrNS2/c13-10-3-1-2-4-12(10)16-8-11(14)9-5-6-15-7-9/h1-7,11H,8,14H2. The Kier molecular flexibility index (Phi) is 4.46. The minimum atomic E-state index is 0.114. The molecule has 0 saturated heterocycles. The van der Waals surface area contributed by atoms with Crippen LogP contribution in [0, 0.1) is 0 Å². The second kappa shape index (κ2) is 5.87. The molecule has 0 aliphatic rings. The number of hydrogen-bond acceptors (Lipinski definition) is 3. The molecule has 0 saturated carbocycles. The zero-order valence-corrected chi connectivity index (χ0v) is 11.8. The van der Waals surface area contributed by atoms with Gasteiger partial charge >= 0.3 is 0 Å². The number of halogens is 1. The van der Waals surface area contributed by atoms with Crippen LogP contribution in [0.15, 0.2) is 50.5 Å². The van der Waals surface area contributed by atoms with Gasteiger partial charge in [-0.05, 0) is 50.5 Å². The van der Waals surface area contributed by atoms with Crippen LogP contribution in [0.5, 0.6) is 0 Å². The van der Waals surface area contributed by atoms with E-state index in [4.69, 9.17) is 5.73 Å². The van der Waals surface area contributed by atoms with Crippen molar-refractivity contribution in [3.05, 3.63) is 51.1 Å². The Hall–Kier alpha value is -0.290. The number of thiophene rings is 1.